The molecule has 1 N–H and O–H groups in total. The van der Waals surface area contributed by atoms with E-state index in [1.807, 2.05) is 19.1 Å². The van der Waals surface area contributed by atoms with Crippen LogP contribution >= 0.6 is 0 Å². The van der Waals surface area contributed by atoms with Gasteiger partial charge in [-0.2, -0.15) is 0 Å². The van der Waals surface area contributed by atoms with Crippen LogP contribution in [0.3, 0.4) is 0 Å². The van der Waals surface area contributed by atoms with Crippen LogP contribution in [-0.4, -0.2) is 61.5 Å². The highest BCUT2D eigenvalue weighted by molar-refractivity contribution is 5.82. The molecule has 5 nitrogen and oxygen atoms in total. The highest BCUT2D eigenvalue weighted by Crippen LogP contribution is 2.43. The summed E-state index contributed by atoms with van der Waals surface area (Å²) < 4.78 is 5.58. The molecule has 0 aliphatic carbocycles. The van der Waals surface area contributed by atoms with Crippen LogP contribution in [0, 0.1) is 12.3 Å². The number of hydrogen-bond acceptors (Lipinski definition) is 4. The van der Waals surface area contributed by atoms with Gasteiger partial charge >= 0.3 is 0 Å². The highest BCUT2D eigenvalue weighted by Gasteiger charge is 2.47. The fraction of sp³-hybridized carbons (Fsp3) is 0.750. The summed E-state index contributed by atoms with van der Waals surface area (Å²) in [4.78, 5) is 17.7. The standard InChI is InChI=1S/C20H33N3O2/c1-4-11-23-15-20(8-12-22(3)13-9-20)14-18(23)19(24)21-10-7-17-6-5-16(2)25-17/h5-6,18H,4,7-15H2,1-3H3,(H,21,24). The van der Waals surface area contributed by atoms with Crippen LogP contribution in [0.25, 0.3) is 0 Å². The van der Waals surface area contributed by atoms with E-state index in [-0.39, 0.29) is 11.9 Å². The molecule has 25 heavy (non-hydrogen) atoms. The number of piperidine rings is 1. The van der Waals surface area contributed by atoms with Crippen molar-refractivity contribution in [3.8, 4) is 0 Å². The number of likely N-dealkylation sites (tertiary alicyclic amines) is 2. The Balaban J connectivity index is 1.55. The summed E-state index contributed by atoms with van der Waals surface area (Å²) in [5.74, 6) is 2.07. The minimum atomic E-state index is 0.0432. The van der Waals surface area contributed by atoms with Crippen molar-refractivity contribution < 1.29 is 9.21 Å². The van der Waals surface area contributed by atoms with Crippen molar-refractivity contribution in [1.82, 2.24) is 15.1 Å². The van der Waals surface area contributed by atoms with Crippen molar-refractivity contribution in [1.29, 1.82) is 0 Å². The molecule has 1 amide bonds. The number of rotatable bonds is 6. The first-order valence-electron chi connectivity index (χ1n) is 9.77. The van der Waals surface area contributed by atoms with E-state index in [9.17, 15) is 4.79 Å². The summed E-state index contributed by atoms with van der Waals surface area (Å²) in [7, 11) is 2.20. The second kappa shape index (κ2) is 7.92. The number of aryl methyl sites for hydroxylation is 1. The van der Waals surface area contributed by atoms with E-state index in [0.717, 1.165) is 57.0 Å². The predicted molar refractivity (Wildman–Crippen MR) is 99.6 cm³/mol. The molecule has 2 saturated heterocycles. The van der Waals surface area contributed by atoms with Crippen LogP contribution in [0.1, 0.15) is 44.1 Å². The molecule has 1 spiro atoms. The predicted octanol–water partition coefficient (Wildman–Crippen LogP) is 2.44. The SMILES string of the molecule is CCCN1CC2(CCN(C)CC2)CC1C(=O)NCCc1ccc(C)o1. The Morgan fingerprint density at radius 1 is 1.36 bits per heavy atom. The van der Waals surface area contributed by atoms with Gasteiger partial charge in [-0.1, -0.05) is 6.92 Å². The molecule has 1 aromatic rings. The molecule has 2 aliphatic heterocycles. The van der Waals surface area contributed by atoms with Crippen molar-refractivity contribution in [3.63, 3.8) is 0 Å². The van der Waals surface area contributed by atoms with Crippen molar-refractivity contribution in [2.24, 2.45) is 5.41 Å². The van der Waals surface area contributed by atoms with Crippen LogP contribution in [-0.2, 0) is 11.2 Å². The quantitative estimate of drug-likeness (QED) is 0.859. The molecule has 0 radical (unpaired) electrons. The van der Waals surface area contributed by atoms with Crippen LogP contribution < -0.4 is 5.32 Å². The number of carbonyl (C=O) groups is 1. The molecule has 3 rings (SSSR count). The summed E-state index contributed by atoms with van der Waals surface area (Å²) >= 11 is 0. The molecular weight excluding hydrogens is 314 g/mol. The minimum absolute atomic E-state index is 0.0432. The molecule has 1 unspecified atom stereocenters. The van der Waals surface area contributed by atoms with Gasteiger partial charge < -0.3 is 14.6 Å². The van der Waals surface area contributed by atoms with Crippen molar-refractivity contribution in [2.45, 2.75) is 52.0 Å². The first-order chi connectivity index (χ1) is 12.0. The number of amides is 1. The van der Waals surface area contributed by atoms with Gasteiger partial charge in [0, 0.05) is 19.5 Å². The Bertz CT molecular complexity index is 575. The minimum Gasteiger partial charge on any atom is -0.466 e. The number of carbonyl (C=O) groups excluding carboxylic acids is 1. The largest absolute Gasteiger partial charge is 0.466 e. The Hall–Kier alpha value is -1.33. The Morgan fingerprint density at radius 2 is 2.12 bits per heavy atom. The fourth-order valence-corrected chi connectivity index (χ4v) is 4.43. The van der Waals surface area contributed by atoms with E-state index in [4.69, 9.17) is 4.42 Å². The maximum absolute atomic E-state index is 12.8. The lowest BCUT2D eigenvalue weighted by Gasteiger charge is -2.37. The molecule has 3 heterocycles. The Kier molecular flexibility index (Phi) is 5.85. The third kappa shape index (κ3) is 4.45. The second-order valence-electron chi connectivity index (χ2n) is 8.05. The Labute approximate surface area is 151 Å². The zero-order valence-electron chi connectivity index (χ0n) is 16.0. The van der Waals surface area contributed by atoms with E-state index in [1.165, 1.54) is 12.8 Å². The lowest BCUT2D eigenvalue weighted by molar-refractivity contribution is -0.125. The van der Waals surface area contributed by atoms with E-state index in [1.54, 1.807) is 0 Å². The highest BCUT2D eigenvalue weighted by atomic mass is 16.3. The average molecular weight is 348 g/mol. The lowest BCUT2D eigenvalue weighted by Crippen LogP contribution is -2.44. The monoisotopic (exact) mass is 347 g/mol. The number of furan rings is 1. The first-order valence-corrected chi connectivity index (χ1v) is 9.77. The summed E-state index contributed by atoms with van der Waals surface area (Å²) in [5.41, 5.74) is 0.349. The molecule has 2 fully saturated rings. The molecule has 0 bridgehead atoms. The van der Waals surface area contributed by atoms with Gasteiger partial charge in [0.1, 0.15) is 11.5 Å². The molecule has 2 aliphatic rings. The van der Waals surface area contributed by atoms with Crippen LogP contribution in [0.2, 0.25) is 0 Å². The summed E-state index contributed by atoms with van der Waals surface area (Å²) in [6, 6.07) is 4.01. The zero-order chi connectivity index (χ0) is 17.9. The van der Waals surface area contributed by atoms with Gasteiger partial charge in [-0.3, -0.25) is 9.69 Å². The maximum atomic E-state index is 12.8. The number of nitrogens with one attached hydrogen (secondary N) is 1. The number of nitrogens with zero attached hydrogens (tertiary/aromatic N) is 2. The van der Waals surface area contributed by atoms with E-state index < -0.39 is 0 Å². The topological polar surface area (TPSA) is 48.7 Å². The number of hydrogen-bond donors (Lipinski definition) is 1. The van der Waals surface area contributed by atoms with Crippen molar-refractivity contribution in [3.05, 3.63) is 23.7 Å². The molecular formula is C20H33N3O2. The van der Waals surface area contributed by atoms with Gasteiger partial charge in [-0.25, -0.2) is 0 Å². The Morgan fingerprint density at radius 3 is 2.76 bits per heavy atom. The van der Waals surface area contributed by atoms with Gasteiger partial charge in [0.15, 0.2) is 0 Å². The van der Waals surface area contributed by atoms with Crippen LogP contribution in [0.5, 0.6) is 0 Å². The maximum Gasteiger partial charge on any atom is 0.237 e. The molecule has 5 heteroatoms. The average Bonchev–Trinajstić information content (AvgIpc) is 3.15. The molecule has 1 atom stereocenters. The van der Waals surface area contributed by atoms with Gasteiger partial charge in [-0.05, 0) is 76.8 Å². The fourth-order valence-electron chi connectivity index (χ4n) is 4.43. The first kappa shape index (κ1) is 18.5. The van der Waals surface area contributed by atoms with Gasteiger partial charge in [-0.15, -0.1) is 0 Å². The third-order valence-electron chi connectivity index (χ3n) is 5.93. The van der Waals surface area contributed by atoms with Gasteiger partial charge in [0.05, 0.1) is 6.04 Å². The van der Waals surface area contributed by atoms with Gasteiger partial charge in [0.2, 0.25) is 5.91 Å². The smallest absolute Gasteiger partial charge is 0.237 e. The molecule has 0 saturated carbocycles. The molecule has 140 valence electrons. The lowest BCUT2D eigenvalue weighted by atomic mass is 9.76. The van der Waals surface area contributed by atoms with Crippen molar-refractivity contribution in [2.75, 3.05) is 39.8 Å². The van der Waals surface area contributed by atoms with Gasteiger partial charge in [0.25, 0.3) is 0 Å². The van der Waals surface area contributed by atoms with E-state index >= 15 is 0 Å². The normalized spacial score (nSPS) is 24.0. The zero-order valence-corrected chi connectivity index (χ0v) is 16.0. The van der Waals surface area contributed by atoms with Crippen LogP contribution in [0.15, 0.2) is 16.5 Å². The summed E-state index contributed by atoms with van der Waals surface area (Å²) in [6.45, 7) is 9.23. The third-order valence-corrected chi connectivity index (χ3v) is 5.93. The summed E-state index contributed by atoms with van der Waals surface area (Å²) in [6.07, 6.45) is 5.33. The second-order valence-corrected chi connectivity index (χ2v) is 8.05. The van der Waals surface area contributed by atoms with Crippen LogP contribution in [0.4, 0.5) is 0 Å². The van der Waals surface area contributed by atoms with Crippen molar-refractivity contribution >= 4 is 5.91 Å². The van der Waals surface area contributed by atoms with E-state index in [2.05, 4.69) is 29.1 Å². The van der Waals surface area contributed by atoms with E-state index in [0.29, 0.717) is 12.0 Å². The molecule has 1 aromatic heterocycles. The molecule has 0 aromatic carbocycles. The summed E-state index contributed by atoms with van der Waals surface area (Å²) in [5, 5.41) is 3.15.